The number of hydrogen-bond acceptors (Lipinski definition) is 3. The van der Waals surface area contributed by atoms with Crippen molar-refractivity contribution in [3.05, 3.63) is 11.6 Å². The predicted octanol–water partition coefficient (Wildman–Crippen LogP) is 2.23. The Labute approximate surface area is 104 Å². The first kappa shape index (κ1) is 12.6. The second-order valence-electron chi connectivity index (χ2n) is 5.30. The first-order valence-corrected chi connectivity index (χ1v) is 6.75. The van der Waals surface area contributed by atoms with E-state index in [0.29, 0.717) is 12.1 Å². The third kappa shape index (κ3) is 2.68. The Balaban J connectivity index is 2.22. The summed E-state index contributed by atoms with van der Waals surface area (Å²) in [4.78, 5) is 4.43. The van der Waals surface area contributed by atoms with E-state index in [-0.39, 0.29) is 0 Å². The lowest BCUT2D eigenvalue weighted by Crippen LogP contribution is -2.42. The van der Waals surface area contributed by atoms with E-state index in [0.717, 1.165) is 24.1 Å². The Morgan fingerprint density at radius 1 is 1.35 bits per heavy atom. The van der Waals surface area contributed by atoms with Gasteiger partial charge in [-0.1, -0.05) is 13.8 Å². The van der Waals surface area contributed by atoms with Crippen molar-refractivity contribution in [2.24, 2.45) is 5.92 Å². The summed E-state index contributed by atoms with van der Waals surface area (Å²) in [6.45, 7) is 9.57. The van der Waals surface area contributed by atoms with Gasteiger partial charge < -0.3 is 5.32 Å². The van der Waals surface area contributed by atoms with E-state index in [1.807, 2.05) is 6.92 Å². The smallest absolute Gasteiger partial charge is 0.147 e. The zero-order chi connectivity index (χ0) is 12.4. The van der Waals surface area contributed by atoms with Crippen molar-refractivity contribution in [2.45, 2.75) is 59.0 Å². The average molecular weight is 236 g/mol. The summed E-state index contributed by atoms with van der Waals surface area (Å²) in [5.41, 5.74) is 0. The summed E-state index contributed by atoms with van der Waals surface area (Å²) in [6.07, 6.45) is 3.78. The molecular weight excluding hydrogens is 212 g/mol. The second kappa shape index (κ2) is 5.17. The Kier molecular flexibility index (Phi) is 3.82. The molecule has 0 spiro atoms. The van der Waals surface area contributed by atoms with Gasteiger partial charge in [-0.05, 0) is 45.6 Å². The molecule has 1 N–H and O–H groups in total. The Hall–Kier alpha value is -0.900. The number of nitrogens with one attached hydrogen (secondary N) is 1. The van der Waals surface area contributed by atoms with Crippen molar-refractivity contribution in [3.8, 4) is 0 Å². The van der Waals surface area contributed by atoms with Crippen LogP contribution in [0.1, 0.15) is 50.8 Å². The zero-order valence-corrected chi connectivity index (χ0v) is 11.4. The molecule has 0 saturated heterocycles. The van der Waals surface area contributed by atoms with Gasteiger partial charge in [0, 0.05) is 6.04 Å². The number of aryl methyl sites for hydroxylation is 2. The van der Waals surface area contributed by atoms with Crippen molar-refractivity contribution in [1.82, 2.24) is 20.1 Å². The summed E-state index contributed by atoms with van der Waals surface area (Å²) in [7, 11) is 0. The van der Waals surface area contributed by atoms with Gasteiger partial charge in [-0.25, -0.2) is 9.67 Å². The molecule has 1 heterocycles. The second-order valence-corrected chi connectivity index (χ2v) is 5.30. The summed E-state index contributed by atoms with van der Waals surface area (Å²) in [6, 6.07) is 1.02. The van der Waals surface area contributed by atoms with Gasteiger partial charge in [0.05, 0.1) is 6.04 Å². The Bertz CT molecular complexity index is 371. The van der Waals surface area contributed by atoms with E-state index < -0.39 is 0 Å². The Morgan fingerprint density at radius 2 is 2.12 bits per heavy atom. The highest BCUT2D eigenvalue weighted by Gasteiger charge is 2.31. The highest BCUT2D eigenvalue weighted by atomic mass is 15.4. The highest BCUT2D eigenvalue weighted by Crippen LogP contribution is 2.32. The number of nitrogens with zero attached hydrogens (tertiary/aromatic N) is 3. The number of aromatic nitrogens is 3. The maximum atomic E-state index is 4.57. The Morgan fingerprint density at radius 3 is 2.71 bits per heavy atom. The van der Waals surface area contributed by atoms with Crippen LogP contribution in [0.15, 0.2) is 0 Å². The molecule has 1 aliphatic rings. The van der Waals surface area contributed by atoms with Crippen molar-refractivity contribution in [1.29, 1.82) is 0 Å². The van der Waals surface area contributed by atoms with Gasteiger partial charge in [0.2, 0.25) is 0 Å². The first-order valence-electron chi connectivity index (χ1n) is 6.75. The van der Waals surface area contributed by atoms with E-state index in [4.69, 9.17) is 0 Å². The molecule has 0 bridgehead atoms. The van der Waals surface area contributed by atoms with E-state index >= 15 is 0 Å². The van der Waals surface area contributed by atoms with Crippen molar-refractivity contribution in [3.63, 3.8) is 0 Å². The minimum absolute atomic E-state index is 0.472. The number of hydrogen-bond donors (Lipinski definition) is 1. The SMILES string of the molecule is CCNC1CCC(C)CC1n1nc(C)nc1C. The number of rotatable bonds is 3. The lowest BCUT2D eigenvalue weighted by atomic mass is 9.83. The van der Waals surface area contributed by atoms with Crippen molar-refractivity contribution >= 4 is 0 Å². The molecule has 17 heavy (non-hydrogen) atoms. The fourth-order valence-corrected chi connectivity index (χ4v) is 2.97. The third-order valence-corrected chi connectivity index (χ3v) is 3.77. The lowest BCUT2D eigenvalue weighted by Gasteiger charge is -2.35. The normalized spacial score (nSPS) is 29.5. The molecule has 0 radical (unpaired) electrons. The van der Waals surface area contributed by atoms with Crippen LogP contribution < -0.4 is 5.32 Å². The molecule has 2 rings (SSSR count). The highest BCUT2D eigenvalue weighted by molar-refractivity contribution is 4.95. The van der Waals surface area contributed by atoms with E-state index in [1.54, 1.807) is 0 Å². The van der Waals surface area contributed by atoms with Gasteiger partial charge in [-0.15, -0.1) is 0 Å². The molecule has 0 aromatic carbocycles. The minimum Gasteiger partial charge on any atom is -0.312 e. The van der Waals surface area contributed by atoms with E-state index in [2.05, 4.69) is 40.9 Å². The van der Waals surface area contributed by atoms with Gasteiger partial charge in [-0.2, -0.15) is 5.10 Å². The molecule has 96 valence electrons. The summed E-state index contributed by atoms with van der Waals surface area (Å²) in [5.74, 6) is 2.72. The van der Waals surface area contributed by atoms with Crippen LogP contribution in [0.5, 0.6) is 0 Å². The summed E-state index contributed by atoms with van der Waals surface area (Å²) >= 11 is 0. The first-order chi connectivity index (χ1) is 8.11. The molecule has 4 heteroatoms. The van der Waals surface area contributed by atoms with Gasteiger partial charge in [0.1, 0.15) is 11.6 Å². The van der Waals surface area contributed by atoms with Gasteiger partial charge in [0.15, 0.2) is 0 Å². The zero-order valence-electron chi connectivity index (χ0n) is 11.4. The maximum absolute atomic E-state index is 4.57. The average Bonchev–Trinajstić information content (AvgIpc) is 2.61. The molecule has 3 unspecified atom stereocenters. The molecule has 3 atom stereocenters. The van der Waals surface area contributed by atoms with E-state index in [9.17, 15) is 0 Å². The van der Waals surface area contributed by atoms with Crippen LogP contribution in [-0.4, -0.2) is 27.4 Å². The molecule has 1 saturated carbocycles. The van der Waals surface area contributed by atoms with Crippen molar-refractivity contribution in [2.75, 3.05) is 6.54 Å². The topological polar surface area (TPSA) is 42.7 Å². The fourth-order valence-electron chi connectivity index (χ4n) is 2.97. The number of likely N-dealkylation sites (N-methyl/N-ethyl adjacent to an activating group) is 1. The summed E-state index contributed by atoms with van der Waals surface area (Å²) < 4.78 is 2.14. The molecule has 0 amide bonds. The molecule has 1 aromatic rings. The van der Waals surface area contributed by atoms with Crippen LogP contribution >= 0.6 is 0 Å². The maximum Gasteiger partial charge on any atom is 0.147 e. The van der Waals surface area contributed by atoms with Crippen LogP contribution in [0.25, 0.3) is 0 Å². The van der Waals surface area contributed by atoms with Gasteiger partial charge >= 0.3 is 0 Å². The molecule has 1 aromatic heterocycles. The van der Waals surface area contributed by atoms with Gasteiger partial charge in [-0.3, -0.25) is 0 Å². The van der Waals surface area contributed by atoms with Crippen molar-refractivity contribution < 1.29 is 0 Å². The quantitative estimate of drug-likeness (QED) is 0.875. The third-order valence-electron chi connectivity index (χ3n) is 3.77. The molecule has 0 aliphatic heterocycles. The monoisotopic (exact) mass is 236 g/mol. The molecule has 1 fully saturated rings. The largest absolute Gasteiger partial charge is 0.312 e. The summed E-state index contributed by atoms with van der Waals surface area (Å²) in [5, 5.41) is 8.17. The molecular formula is C13H24N4. The van der Waals surface area contributed by atoms with Crippen LogP contribution in [0.2, 0.25) is 0 Å². The minimum atomic E-state index is 0.472. The lowest BCUT2D eigenvalue weighted by molar-refractivity contribution is 0.202. The molecule has 4 nitrogen and oxygen atoms in total. The van der Waals surface area contributed by atoms with Crippen LogP contribution in [-0.2, 0) is 0 Å². The van der Waals surface area contributed by atoms with Crippen LogP contribution in [0.4, 0.5) is 0 Å². The fraction of sp³-hybridized carbons (Fsp3) is 0.846. The standard InChI is InChI=1S/C13H24N4/c1-5-14-12-7-6-9(2)8-13(12)17-11(4)15-10(3)16-17/h9,12-14H,5-8H2,1-4H3. The van der Waals surface area contributed by atoms with Crippen LogP contribution in [0, 0.1) is 19.8 Å². The van der Waals surface area contributed by atoms with Crippen LogP contribution in [0.3, 0.4) is 0 Å². The molecule has 1 aliphatic carbocycles. The van der Waals surface area contributed by atoms with Gasteiger partial charge in [0.25, 0.3) is 0 Å². The predicted molar refractivity (Wildman–Crippen MR) is 69.0 cm³/mol. The van der Waals surface area contributed by atoms with E-state index in [1.165, 1.54) is 19.3 Å².